The van der Waals surface area contributed by atoms with Crippen LogP contribution in [0.4, 0.5) is 0 Å². The van der Waals surface area contributed by atoms with Crippen LogP contribution >= 0.6 is 22.6 Å². The van der Waals surface area contributed by atoms with Gasteiger partial charge in [0.2, 0.25) is 0 Å². The van der Waals surface area contributed by atoms with E-state index in [0.29, 0.717) is 3.57 Å². The molecule has 0 aliphatic rings. The summed E-state index contributed by atoms with van der Waals surface area (Å²) in [6, 6.07) is 4.30. The molecule has 76 valence electrons. The monoisotopic (exact) mass is 307 g/mol. The fourth-order valence-corrected chi connectivity index (χ4v) is 1.60. The number of aliphatic carboxylic acids is 1. The van der Waals surface area contributed by atoms with Crippen molar-refractivity contribution in [2.45, 2.75) is 12.5 Å². The van der Waals surface area contributed by atoms with Gasteiger partial charge in [0.05, 0.1) is 9.99 Å². The van der Waals surface area contributed by atoms with Crippen LogP contribution in [0.3, 0.4) is 0 Å². The number of halogens is 1. The SMILES string of the molecule is NC(CC(=O)O)c1ccc(O)c(I)c1. The molecule has 5 heteroatoms. The number of phenolic OH excluding ortho intramolecular Hbond substituents is 1. The summed E-state index contributed by atoms with van der Waals surface area (Å²) in [4.78, 5) is 10.4. The third-order valence-corrected chi connectivity index (χ3v) is 2.66. The van der Waals surface area contributed by atoms with Crippen molar-refractivity contribution in [2.75, 3.05) is 0 Å². The Morgan fingerprint density at radius 2 is 2.21 bits per heavy atom. The molecule has 1 rings (SSSR count). The lowest BCUT2D eigenvalue weighted by Crippen LogP contribution is -2.14. The first kappa shape index (κ1) is 11.3. The van der Waals surface area contributed by atoms with Crippen molar-refractivity contribution in [1.82, 2.24) is 0 Å². The van der Waals surface area contributed by atoms with Crippen molar-refractivity contribution in [2.24, 2.45) is 5.73 Å². The third-order valence-electron chi connectivity index (χ3n) is 1.79. The standard InChI is InChI=1S/C9H10INO3/c10-6-3-5(1-2-8(6)12)7(11)4-9(13)14/h1-3,7,12H,4,11H2,(H,13,14). The van der Waals surface area contributed by atoms with E-state index in [1.54, 1.807) is 12.1 Å². The van der Waals surface area contributed by atoms with Crippen LogP contribution in [0.5, 0.6) is 5.75 Å². The average molecular weight is 307 g/mol. The van der Waals surface area contributed by atoms with Gasteiger partial charge in [0.15, 0.2) is 0 Å². The lowest BCUT2D eigenvalue weighted by Gasteiger charge is -2.09. The summed E-state index contributed by atoms with van der Waals surface area (Å²) in [5.41, 5.74) is 6.37. The zero-order valence-corrected chi connectivity index (χ0v) is 9.43. The molecule has 0 aliphatic carbocycles. The Hall–Kier alpha value is -0.820. The highest BCUT2D eigenvalue weighted by molar-refractivity contribution is 14.1. The Balaban J connectivity index is 2.85. The molecule has 0 fully saturated rings. The lowest BCUT2D eigenvalue weighted by atomic mass is 10.1. The molecule has 1 atom stereocenters. The van der Waals surface area contributed by atoms with Crippen LogP contribution in [0.15, 0.2) is 18.2 Å². The number of hydrogen-bond acceptors (Lipinski definition) is 3. The van der Waals surface area contributed by atoms with Gasteiger partial charge in [-0.2, -0.15) is 0 Å². The maximum absolute atomic E-state index is 10.4. The average Bonchev–Trinajstić information content (AvgIpc) is 2.08. The van der Waals surface area contributed by atoms with E-state index in [2.05, 4.69) is 0 Å². The van der Waals surface area contributed by atoms with Gasteiger partial charge in [-0.25, -0.2) is 0 Å². The highest BCUT2D eigenvalue weighted by Gasteiger charge is 2.11. The smallest absolute Gasteiger partial charge is 0.305 e. The molecule has 4 N–H and O–H groups in total. The van der Waals surface area contributed by atoms with Gasteiger partial charge in [-0.3, -0.25) is 4.79 Å². The Labute approximate surface area is 94.9 Å². The molecule has 4 nitrogen and oxygen atoms in total. The van der Waals surface area contributed by atoms with Crippen LogP contribution in [-0.4, -0.2) is 16.2 Å². The Morgan fingerprint density at radius 1 is 1.57 bits per heavy atom. The van der Waals surface area contributed by atoms with Crippen molar-refractivity contribution in [1.29, 1.82) is 0 Å². The molecule has 0 aliphatic heterocycles. The number of rotatable bonds is 3. The van der Waals surface area contributed by atoms with Crippen molar-refractivity contribution in [3.63, 3.8) is 0 Å². The number of phenols is 1. The molecule has 0 saturated carbocycles. The highest BCUT2D eigenvalue weighted by atomic mass is 127. The number of hydrogen-bond donors (Lipinski definition) is 3. The number of benzene rings is 1. The van der Waals surface area contributed by atoms with E-state index >= 15 is 0 Å². The Morgan fingerprint density at radius 3 is 2.71 bits per heavy atom. The predicted octanol–water partition coefficient (Wildman–Crippen LogP) is 1.47. The first-order valence-electron chi connectivity index (χ1n) is 3.96. The van der Waals surface area contributed by atoms with Crippen LogP contribution in [0.25, 0.3) is 0 Å². The van der Waals surface area contributed by atoms with Gasteiger partial charge in [-0.1, -0.05) is 6.07 Å². The second-order valence-electron chi connectivity index (χ2n) is 2.92. The van der Waals surface area contributed by atoms with Crippen LogP contribution < -0.4 is 5.73 Å². The molecule has 0 saturated heterocycles. The first-order valence-corrected chi connectivity index (χ1v) is 5.04. The van der Waals surface area contributed by atoms with Gasteiger partial charge in [0, 0.05) is 6.04 Å². The minimum Gasteiger partial charge on any atom is -0.507 e. The van der Waals surface area contributed by atoms with Crippen molar-refractivity contribution >= 4 is 28.6 Å². The summed E-state index contributed by atoms with van der Waals surface area (Å²) in [5.74, 6) is -0.752. The summed E-state index contributed by atoms with van der Waals surface area (Å²) >= 11 is 1.96. The first-order chi connectivity index (χ1) is 6.50. The van der Waals surface area contributed by atoms with Crippen molar-refractivity contribution in [3.8, 4) is 5.75 Å². The topological polar surface area (TPSA) is 83.6 Å². The molecule has 0 amide bonds. The van der Waals surface area contributed by atoms with Crippen LogP contribution in [0.2, 0.25) is 0 Å². The Bertz CT molecular complexity index is 354. The second-order valence-corrected chi connectivity index (χ2v) is 4.08. The van der Waals surface area contributed by atoms with E-state index in [9.17, 15) is 9.90 Å². The minimum atomic E-state index is -0.930. The maximum Gasteiger partial charge on any atom is 0.305 e. The van der Waals surface area contributed by atoms with Crippen molar-refractivity contribution in [3.05, 3.63) is 27.3 Å². The fraction of sp³-hybridized carbons (Fsp3) is 0.222. The van der Waals surface area contributed by atoms with Gasteiger partial charge in [-0.15, -0.1) is 0 Å². The number of nitrogens with two attached hydrogens (primary N) is 1. The zero-order chi connectivity index (χ0) is 10.7. The molecule has 0 heterocycles. The predicted molar refractivity (Wildman–Crippen MR) is 60.0 cm³/mol. The molecule has 0 radical (unpaired) electrons. The molecule has 1 aromatic rings. The lowest BCUT2D eigenvalue weighted by molar-refractivity contribution is -0.137. The van der Waals surface area contributed by atoms with Crippen molar-refractivity contribution < 1.29 is 15.0 Å². The molecular weight excluding hydrogens is 297 g/mol. The zero-order valence-electron chi connectivity index (χ0n) is 7.27. The van der Waals surface area contributed by atoms with Gasteiger partial charge >= 0.3 is 5.97 Å². The van der Waals surface area contributed by atoms with Crippen LogP contribution in [0, 0.1) is 3.57 Å². The quantitative estimate of drug-likeness (QED) is 0.739. The van der Waals surface area contributed by atoms with Gasteiger partial charge < -0.3 is 15.9 Å². The van der Waals surface area contributed by atoms with E-state index in [4.69, 9.17) is 10.8 Å². The van der Waals surface area contributed by atoms with E-state index in [1.807, 2.05) is 22.6 Å². The largest absolute Gasteiger partial charge is 0.507 e. The normalized spacial score (nSPS) is 12.4. The van der Waals surface area contributed by atoms with Gasteiger partial charge in [0.1, 0.15) is 5.75 Å². The third kappa shape index (κ3) is 2.85. The van der Waals surface area contributed by atoms with E-state index in [-0.39, 0.29) is 12.2 Å². The molecule has 0 spiro atoms. The summed E-state index contributed by atoms with van der Waals surface area (Å²) in [6.07, 6.45) is -0.110. The van der Waals surface area contributed by atoms with Gasteiger partial charge in [-0.05, 0) is 40.3 Å². The summed E-state index contributed by atoms with van der Waals surface area (Å²) in [6.45, 7) is 0. The highest BCUT2D eigenvalue weighted by Crippen LogP contribution is 2.23. The van der Waals surface area contributed by atoms with E-state index in [1.165, 1.54) is 6.07 Å². The minimum absolute atomic E-state index is 0.110. The molecule has 0 aromatic heterocycles. The van der Waals surface area contributed by atoms with E-state index in [0.717, 1.165) is 5.56 Å². The van der Waals surface area contributed by atoms with E-state index < -0.39 is 12.0 Å². The second kappa shape index (κ2) is 4.61. The van der Waals surface area contributed by atoms with Crippen LogP contribution in [0.1, 0.15) is 18.0 Å². The molecule has 14 heavy (non-hydrogen) atoms. The summed E-state index contributed by atoms with van der Waals surface area (Å²) in [7, 11) is 0. The summed E-state index contributed by atoms with van der Waals surface area (Å²) < 4.78 is 0.668. The maximum atomic E-state index is 10.4. The number of carboxylic acid groups (broad SMARTS) is 1. The molecule has 0 bridgehead atoms. The molecule has 1 unspecified atom stereocenters. The Kier molecular flexibility index (Phi) is 3.70. The van der Waals surface area contributed by atoms with Crippen LogP contribution in [-0.2, 0) is 4.79 Å². The molecule has 1 aromatic carbocycles. The number of aromatic hydroxyl groups is 1. The summed E-state index contributed by atoms with van der Waals surface area (Å²) in [5, 5.41) is 17.8. The number of carbonyl (C=O) groups is 1. The number of carboxylic acids is 1. The molecular formula is C9H10INO3. The fourth-order valence-electron chi connectivity index (χ4n) is 1.06. The van der Waals surface area contributed by atoms with Gasteiger partial charge in [0.25, 0.3) is 0 Å².